The van der Waals surface area contributed by atoms with E-state index in [9.17, 15) is 9.18 Å². The van der Waals surface area contributed by atoms with Gasteiger partial charge in [0.25, 0.3) is 0 Å². The number of rotatable bonds is 5. The maximum atomic E-state index is 13.3. The fourth-order valence-corrected chi connectivity index (χ4v) is 1.57. The van der Waals surface area contributed by atoms with Crippen molar-refractivity contribution in [2.45, 2.75) is 32.9 Å². The summed E-state index contributed by atoms with van der Waals surface area (Å²) in [5, 5.41) is 2.64. The van der Waals surface area contributed by atoms with Crippen LogP contribution in [0.1, 0.15) is 25.8 Å². The molecule has 94 valence electrons. The van der Waals surface area contributed by atoms with E-state index < -0.39 is 6.04 Å². The molecule has 0 spiro atoms. The van der Waals surface area contributed by atoms with Gasteiger partial charge < -0.3 is 11.1 Å². The number of carbonyl (C=O) groups is 1. The summed E-state index contributed by atoms with van der Waals surface area (Å²) in [6.07, 6.45) is 0.628. The molecule has 0 aliphatic heterocycles. The zero-order valence-electron chi connectivity index (χ0n) is 10.2. The van der Waals surface area contributed by atoms with Crippen molar-refractivity contribution in [2.24, 2.45) is 11.7 Å². The van der Waals surface area contributed by atoms with Crippen molar-refractivity contribution in [3.63, 3.8) is 0 Å². The van der Waals surface area contributed by atoms with Gasteiger partial charge >= 0.3 is 0 Å². The van der Waals surface area contributed by atoms with E-state index in [-0.39, 0.29) is 18.3 Å². The summed E-state index contributed by atoms with van der Waals surface area (Å²) in [4.78, 5) is 11.6. The molecule has 0 heterocycles. The third-order valence-corrected chi connectivity index (χ3v) is 2.47. The molecular formula is C13H19FN2O. The summed E-state index contributed by atoms with van der Waals surface area (Å²) in [6, 6.07) is 5.84. The molecular weight excluding hydrogens is 219 g/mol. The zero-order valence-corrected chi connectivity index (χ0v) is 10.2. The first-order chi connectivity index (χ1) is 8.00. The Hall–Kier alpha value is -1.42. The van der Waals surface area contributed by atoms with Crippen LogP contribution in [0.3, 0.4) is 0 Å². The highest BCUT2D eigenvalue weighted by molar-refractivity contribution is 5.81. The van der Waals surface area contributed by atoms with Gasteiger partial charge in [0.05, 0.1) is 6.04 Å². The third kappa shape index (κ3) is 4.53. The van der Waals surface area contributed by atoms with Gasteiger partial charge in [-0.05, 0) is 18.4 Å². The highest BCUT2D eigenvalue weighted by Crippen LogP contribution is 2.06. The molecule has 3 N–H and O–H groups in total. The monoisotopic (exact) mass is 238 g/mol. The molecule has 4 heteroatoms. The summed E-state index contributed by atoms with van der Waals surface area (Å²) in [5.74, 6) is -0.184. The van der Waals surface area contributed by atoms with Crippen LogP contribution in [0.15, 0.2) is 24.3 Å². The van der Waals surface area contributed by atoms with Crippen molar-refractivity contribution in [1.82, 2.24) is 5.32 Å². The molecule has 0 radical (unpaired) electrons. The van der Waals surface area contributed by atoms with Gasteiger partial charge in [0, 0.05) is 12.1 Å². The van der Waals surface area contributed by atoms with Crippen LogP contribution in [-0.2, 0) is 11.3 Å². The van der Waals surface area contributed by atoms with Gasteiger partial charge in [-0.1, -0.05) is 32.0 Å². The van der Waals surface area contributed by atoms with Crippen LogP contribution in [0.4, 0.5) is 4.39 Å². The van der Waals surface area contributed by atoms with E-state index in [1.165, 1.54) is 6.07 Å². The quantitative estimate of drug-likeness (QED) is 0.822. The minimum Gasteiger partial charge on any atom is -0.351 e. The van der Waals surface area contributed by atoms with Gasteiger partial charge in [-0.15, -0.1) is 0 Å². The van der Waals surface area contributed by atoms with Crippen LogP contribution >= 0.6 is 0 Å². The number of halogens is 1. The number of hydrogen-bond acceptors (Lipinski definition) is 2. The van der Waals surface area contributed by atoms with Crippen molar-refractivity contribution in [3.05, 3.63) is 35.6 Å². The lowest BCUT2D eigenvalue weighted by atomic mass is 10.0. The van der Waals surface area contributed by atoms with E-state index in [2.05, 4.69) is 5.32 Å². The van der Waals surface area contributed by atoms with Crippen LogP contribution in [0.5, 0.6) is 0 Å². The van der Waals surface area contributed by atoms with E-state index in [4.69, 9.17) is 5.73 Å². The lowest BCUT2D eigenvalue weighted by Gasteiger charge is -2.14. The molecule has 17 heavy (non-hydrogen) atoms. The first kappa shape index (κ1) is 13.6. The van der Waals surface area contributed by atoms with Gasteiger partial charge in [-0.25, -0.2) is 4.39 Å². The van der Waals surface area contributed by atoms with Crippen molar-refractivity contribution in [3.8, 4) is 0 Å². The molecule has 1 aromatic carbocycles. The molecule has 0 aliphatic carbocycles. The summed E-state index contributed by atoms with van der Waals surface area (Å²) >= 11 is 0. The maximum absolute atomic E-state index is 13.3. The second-order valence-corrected chi connectivity index (χ2v) is 4.55. The molecule has 1 aromatic rings. The SMILES string of the molecule is CC(C)C[C@H](N)C(=O)NCc1ccccc1F. The second-order valence-electron chi connectivity index (χ2n) is 4.55. The smallest absolute Gasteiger partial charge is 0.237 e. The predicted octanol–water partition coefficient (Wildman–Crippen LogP) is 1.82. The first-order valence-electron chi connectivity index (χ1n) is 5.77. The second kappa shape index (κ2) is 6.35. The summed E-state index contributed by atoms with van der Waals surface area (Å²) in [7, 11) is 0. The Morgan fingerprint density at radius 1 is 1.41 bits per heavy atom. The molecule has 3 nitrogen and oxygen atoms in total. The molecule has 0 aliphatic rings. The largest absolute Gasteiger partial charge is 0.351 e. The van der Waals surface area contributed by atoms with Crippen molar-refractivity contribution >= 4 is 5.91 Å². The van der Waals surface area contributed by atoms with Crippen molar-refractivity contribution in [2.75, 3.05) is 0 Å². The number of nitrogens with two attached hydrogens (primary N) is 1. The highest BCUT2D eigenvalue weighted by atomic mass is 19.1. The fraction of sp³-hybridized carbons (Fsp3) is 0.462. The average molecular weight is 238 g/mol. The summed E-state index contributed by atoms with van der Waals surface area (Å²) < 4.78 is 13.3. The standard InChI is InChI=1S/C13H19FN2O/c1-9(2)7-12(15)13(17)16-8-10-5-3-4-6-11(10)14/h3-6,9,12H,7-8,15H2,1-2H3,(H,16,17)/t12-/m0/s1. The highest BCUT2D eigenvalue weighted by Gasteiger charge is 2.14. The summed E-state index contributed by atoms with van der Waals surface area (Å²) in [6.45, 7) is 4.19. The number of hydrogen-bond donors (Lipinski definition) is 2. The van der Waals surface area contributed by atoms with E-state index >= 15 is 0 Å². The molecule has 0 aromatic heterocycles. The predicted molar refractivity (Wildman–Crippen MR) is 65.7 cm³/mol. The lowest BCUT2D eigenvalue weighted by molar-refractivity contribution is -0.122. The van der Waals surface area contributed by atoms with Crippen molar-refractivity contribution < 1.29 is 9.18 Å². The number of nitrogens with one attached hydrogen (secondary N) is 1. The maximum Gasteiger partial charge on any atom is 0.237 e. The van der Waals surface area contributed by atoms with Gasteiger partial charge in [-0.3, -0.25) is 4.79 Å². The Balaban J connectivity index is 2.46. The van der Waals surface area contributed by atoms with Crippen LogP contribution in [0.25, 0.3) is 0 Å². The van der Waals surface area contributed by atoms with Crippen LogP contribution < -0.4 is 11.1 Å². The molecule has 0 bridgehead atoms. The Morgan fingerprint density at radius 3 is 2.65 bits per heavy atom. The molecule has 0 saturated heterocycles. The van der Waals surface area contributed by atoms with E-state index in [0.717, 1.165) is 0 Å². The fourth-order valence-electron chi connectivity index (χ4n) is 1.57. The Kier molecular flexibility index (Phi) is 5.10. The summed E-state index contributed by atoms with van der Waals surface area (Å²) in [5.41, 5.74) is 6.18. The van der Waals surface area contributed by atoms with E-state index in [1.54, 1.807) is 18.2 Å². The Labute approximate surface area is 101 Å². The number of benzene rings is 1. The normalized spacial score (nSPS) is 12.5. The molecule has 0 unspecified atom stereocenters. The van der Waals surface area contributed by atoms with Crippen LogP contribution in [-0.4, -0.2) is 11.9 Å². The van der Waals surface area contributed by atoms with E-state index in [1.807, 2.05) is 13.8 Å². The molecule has 0 fully saturated rings. The third-order valence-electron chi connectivity index (χ3n) is 2.47. The average Bonchev–Trinajstić information content (AvgIpc) is 2.26. The minimum atomic E-state index is -0.526. The number of amides is 1. The lowest BCUT2D eigenvalue weighted by Crippen LogP contribution is -2.41. The van der Waals surface area contributed by atoms with E-state index in [0.29, 0.717) is 17.9 Å². The number of carbonyl (C=O) groups excluding carboxylic acids is 1. The van der Waals surface area contributed by atoms with Crippen LogP contribution in [0.2, 0.25) is 0 Å². The molecule has 1 rings (SSSR count). The minimum absolute atomic E-state index is 0.178. The topological polar surface area (TPSA) is 55.1 Å². The first-order valence-corrected chi connectivity index (χ1v) is 5.77. The molecule has 1 atom stereocenters. The van der Waals surface area contributed by atoms with Gasteiger partial charge in [-0.2, -0.15) is 0 Å². The Bertz CT molecular complexity index is 379. The van der Waals surface area contributed by atoms with Gasteiger partial charge in [0.15, 0.2) is 0 Å². The molecule has 0 saturated carbocycles. The Morgan fingerprint density at radius 2 is 2.06 bits per heavy atom. The van der Waals surface area contributed by atoms with Gasteiger partial charge in [0.1, 0.15) is 5.82 Å². The van der Waals surface area contributed by atoms with Crippen LogP contribution in [0, 0.1) is 11.7 Å². The molecule has 1 amide bonds. The van der Waals surface area contributed by atoms with Crippen molar-refractivity contribution in [1.29, 1.82) is 0 Å². The zero-order chi connectivity index (χ0) is 12.8. The van der Waals surface area contributed by atoms with Gasteiger partial charge in [0.2, 0.25) is 5.91 Å².